The summed E-state index contributed by atoms with van der Waals surface area (Å²) < 4.78 is 64.5. The number of benzene rings is 3. The van der Waals surface area contributed by atoms with Gasteiger partial charge in [0, 0.05) is 6.42 Å². The number of halogens is 3. The molecule has 0 aromatic heterocycles. The van der Waals surface area contributed by atoms with E-state index in [9.17, 15) is 27.6 Å². The van der Waals surface area contributed by atoms with Gasteiger partial charge in [-0.05, 0) is 123 Å². The molecule has 2 aliphatic carbocycles. The Hall–Kier alpha value is -4.34. The van der Waals surface area contributed by atoms with Crippen LogP contribution in [0.4, 0.5) is 13.2 Å². The van der Waals surface area contributed by atoms with Crippen molar-refractivity contribution < 1.29 is 46.5 Å². The maximum Gasteiger partial charge on any atom is 0.425 e. The zero-order chi connectivity index (χ0) is 40.6. The topological polar surface area (TPSA) is 88.1 Å². The molecule has 3 aromatic rings. The van der Waals surface area contributed by atoms with Crippen molar-refractivity contribution in [2.75, 3.05) is 6.61 Å². The Labute approximate surface area is 336 Å². The van der Waals surface area contributed by atoms with Gasteiger partial charge in [0.2, 0.25) is 0 Å². The summed E-state index contributed by atoms with van der Waals surface area (Å²) in [6, 6.07) is 15.3. The van der Waals surface area contributed by atoms with Crippen molar-refractivity contribution in [2.45, 2.75) is 161 Å². The van der Waals surface area contributed by atoms with Crippen LogP contribution in [-0.4, -0.2) is 42.9 Å². The van der Waals surface area contributed by atoms with Crippen molar-refractivity contribution in [1.29, 1.82) is 0 Å². The van der Waals surface area contributed by atoms with Gasteiger partial charge >= 0.3 is 24.1 Å². The Morgan fingerprint density at radius 3 is 2.05 bits per heavy atom. The molecule has 0 N–H and O–H groups in total. The lowest BCUT2D eigenvalue weighted by atomic mass is 9.88. The number of hydrogen-bond donors (Lipinski definition) is 0. The molecule has 57 heavy (non-hydrogen) atoms. The zero-order valence-electron chi connectivity index (χ0n) is 33.7. The molecule has 0 fully saturated rings. The number of fused-ring (bicyclic) bond motifs is 2. The molecular weight excluding hydrogens is 734 g/mol. The van der Waals surface area contributed by atoms with E-state index in [-0.39, 0.29) is 35.8 Å². The molecule has 1 unspecified atom stereocenters. The maximum atomic E-state index is 13.9. The summed E-state index contributed by atoms with van der Waals surface area (Å²) in [6.45, 7) is 4.84. The number of esters is 3. The molecule has 310 valence electrons. The quantitative estimate of drug-likeness (QED) is 0.0603. The lowest BCUT2D eigenvalue weighted by Crippen LogP contribution is -2.34. The van der Waals surface area contributed by atoms with Crippen LogP contribution in [0.2, 0.25) is 0 Å². The van der Waals surface area contributed by atoms with Gasteiger partial charge in [-0.1, -0.05) is 90.2 Å². The third-order valence-corrected chi connectivity index (χ3v) is 11.1. The Bertz CT molecular complexity index is 1770. The summed E-state index contributed by atoms with van der Waals surface area (Å²) in [7, 11) is 0. The van der Waals surface area contributed by atoms with E-state index in [2.05, 4.69) is 6.92 Å². The summed E-state index contributed by atoms with van der Waals surface area (Å²) in [4.78, 5) is 40.0. The Balaban J connectivity index is 1.16. The molecule has 0 saturated carbocycles. The lowest BCUT2D eigenvalue weighted by Gasteiger charge is -2.25. The number of carbonyl (C=O) groups excluding carboxylic acids is 3. The van der Waals surface area contributed by atoms with Crippen molar-refractivity contribution in [3.63, 3.8) is 0 Å². The molecular formula is C47H59F3O7. The van der Waals surface area contributed by atoms with E-state index in [4.69, 9.17) is 18.9 Å². The van der Waals surface area contributed by atoms with Crippen LogP contribution in [0.25, 0.3) is 0 Å². The van der Waals surface area contributed by atoms with E-state index < -0.39 is 30.2 Å². The summed E-state index contributed by atoms with van der Waals surface area (Å²) in [5, 5.41) is 0. The molecule has 10 heteroatoms. The molecule has 2 atom stereocenters. The Kier molecular flexibility index (Phi) is 16.9. The highest BCUT2D eigenvalue weighted by molar-refractivity contribution is 5.97. The van der Waals surface area contributed by atoms with E-state index in [1.54, 1.807) is 42.5 Å². The molecule has 0 spiro atoms. The second-order valence-electron chi connectivity index (χ2n) is 15.6. The normalized spacial score (nSPS) is 15.6. The highest BCUT2D eigenvalue weighted by Gasteiger charge is 2.43. The van der Waals surface area contributed by atoms with Gasteiger partial charge < -0.3 is 18.9 Å². The fourth-order valence-corrected chi connectivity index (χ4v) is 7.74. The third kappa shape index (κ3) is 13.1. The minimum atomic E-state index is -4.72. The van der Waals surface area contributed by atoms with Crippen molar-refractivity contribution in [3.8, 4) is 11.5 Å². The van der Waals surface area contributed by atoms with Crippen LogP contribution in [0.5, 0.6) is 11.5 Å². The molecule has 5 rings (SSSR count). The predicted octanol–water partition coefficient (Wildman–Crippen LogP) is 12.1. The first-order valence-corrected chi connectivity index (χ1v) is 21.3. The smallest absolute Gasteiger partial charge is 0.425 e. The van der Waals surface area contributed by atoms with Crippen LogP contribution < -0.4 is 9.47 Å². The van der Waals surface area contributed by atoms with Crippen molar-refractivity contribution in [1.82, 2.24) is 0 Å². The van der Waals surface area contributed by atoms with E-state index >= 15 is 0 Å². The predicted molar refractivity (Wildman–Crippen MR) is 214 cm³/mol. The summed E-state index contributed by atoms with van der Waals surface area (Å²) in [6.07, 6.45) is 9.34. The SMILES string of the molecule is CCCCCCCCCCOc1ccc(C(=O)OC2CCc3cc(C(=O)Oc4c(C(=O)O[C@H](CCCCCC)C(F)(F)F)ccc5c4CCCC5)ccc3C2)cc1. The highest BCUT2D eigenvalue weighted by atomic mass is 19.4. The molecule has 2 aliphatic rings. The molecule has 0 radical (unpaired) electrons. The maximum absolute atomic E-state index is 13.9. The summed E-state index contributed by atoms with van der Waals surface area (Å²) in [5.74, 6) is -1.58. The van der Waals surface area contributed by atoms with Gasteiger partial charge in [-0.25, -0.2) is 14.4 Å². The number of aryl methyl sites for hydroxylation is 2. The van der Waals surface area contributed by atoms with Crippen LogP contribution in [0, 0.1) is 0 Å². The third-order valence-electron chi connectivity index (χ3n) is 11.1. The largest absolute Gasteiger partial charge is 0.494 e. The van der Waals surface area contributed by atoms with Crippen LogP contribution in [-0.2, 0) is 35.2 Å². The number of unbranched alkanes of at least 4 members (excludes halogenated alkanes) is 10. The molecule has 7 nitrogen and oxygen atoms in total. The molecule has 0 heterocycles. The molecule has 0 aliphatic heterocycles. The van der Waals surface area contributed by atoms with E-state index in [0.717, 1.165) is 61.0 Å². The average Bonchev–Trinajstić information content (AvgIpc) is 3.21. The van der Waals surface area contributed by atoms with Crippen LogP contribution >= 0.6 is 0 Å². The number of carbonyl (C=O) groups is 3. The molecule has 0 saturated heterocycles. The van der Waals surface area contributed by atoms with Crippen LogP contribution in [0.15, 0.2) is 54.6 Å². The standard InChI is InChI=1S/C47H59F3O7/c1-3-5-7-9-10-11-12-16-30-54-38-26-22-34(23-27-38)44(51)55-39-28-24-35-31-37(21-20-36(35)32-39)45(52)57-43-40-18-15-14-17-33(40)25-29-41(43)46(53)56-42(47(48,49)50)19-13-8-6-4-2/h20-23,25-27,29,31,39,42H,3-19,24,28,30,32H2,1-2H3/t39?,42-/m1/s1. The Morgan fingerprint density at radius 2 is 1.33 bits per heavy atom. The number of rotatable bonds is 21. The van der Waals surface area contributed by atoms with Gasteiger partial charge in [0.1, 0.15) is 23.2 Å². The summed E-state index contributed by atoms with van der Waals surface area (Å²) in [5.41, 5.74) is 3.93. The minimum Gasteiger partial charge on any atom is -0.494 e. The molecule has 0 bridgehead atoms. The summed E-state index contributed by atoms with van der Waals surface area (Å²) >= 11 is 0. The van der Waals surface area contributed by atoms with E-state index in [1.165, 1.54) is 44.6 Å². The number of ether oxygens (including phenoxy) is 4. The number of alkyl halides is 3. The van der Waals surface area contributed by atoms with Gasteiger partial charge in [0.25, 0.3) is 0 Å². The van der Waals surface area contributed by atoms with Crippen LogP contribution in [0.1, 0.15) is 170 Å². The fraction of sp³-hybridized carbons (Fsp3) is 0.553. The van der Waals surface area contributed by atoms with Crippen molar-refractivity contribution in [3.05, 3.63) is 93.5 Å². The molecule has 0 amide bonds. The molecule has 3 aromatic carbocycles. The number of hydrogen-bond acceptors (Lipinski definition) is 7. The van der Waals surface area contributed by atoms with Gasteiger partial charge in [0.15, 0.2) is 6.10 Å². The van der Waals surface area contributed by atoms with Crippen LogP contribution in [0.3, 0.4) is 0 Å². The second-order valence-corrected chi connectivity index (χ2v) is 15.6. The van der Waals surface area contributed by atoms with Gasteiger partial charge in [-0.2, -0.15) is 13.2 Å². The monoisotopic (exact) mass is 792 g/mol. The first kappa shape index (κ1) is 43.8. The van der Waals surface area contributed by atoms with E-state index in [1.807, 2.05) is 13.0 Å². The first-order valence-electron chi connectivity index (χ1n) is 21.3. The first-order chi connectivity index (χ1) is 27.6. The fourth-order valence-electron chi connectivity index (χ4n) is 7.74. The van der Waals surface area contributed by atoms with Gasteiger partial charge in [0.05, 0.1) is 17.7 Å². The Morgan fingerprint density at radius 1 is 0.684 bits per heavy atom. The second kappa shape index (κ2) is 22.0. The minimum absolute atomic E-state index is 0.0260. The van der Waals surface area contributed by atoms with Gasteiger partial charge in [-0.15, -0.1) is 0 Å². The lowest BCUT2D eigenvalue weighted by molar-refractivity contribution is -0.206. The van der Waals surface area contributed by atoms with Crippen molar-refractivity contribution in [2.24, 2.45) is 0 Å². The van der Waals surface area contributed by atoms with Crippen molar-refractivity contribution >= 4 is 17.9 Å². The average molecular weight is 793 g/mol. The van der Waals surface area contributed by atoms with E-state index in [0.29, 0.717) is 56.3 Å². The highest BCUT2D eigenvalue weighted by Crippen LogP contribution is 2.36. The van der Waals surface area contributed by atoms with Gasteiger partial charge in [-0.3, -0.25) is 0 Å². The zero-order valence-corrected chi connectivity index (χ0v) is 33.7.